The van der Waals surface area contributed by atoms with Crippen LogP contribution in [0.4, 0.5) is 14.9 Å². The fourth-order valence-electron chi connectivity index (χ4n) is 5.62. The van der Waals surface area contributed by atoms with E-state index in [1.807, 2.05) is 13.0 Å². The smallest absolute Gasteiger partial charge is 0.319 e. The Bertz CT molecular complexity index is 963. The molecule has 7 heteroatoms. The van der Waals surface area contributed by atoms with E-state index >= 15 is 0 Å². The molecule has 0 bridgehead atoms. The van der Waals surface area contributed by atoms with Gasteiger partial charge >= 0.3 is 6.03 Å². The van der Waals surface area contributed by atoms with Crippen LogP contribution in [0, 0.1) is 22.5 Å². The highest BCUT2D eigenvalue weighted by Gasteiger charge is 2.40. The second kappa shape index (κ2) is 8.33. The number of amides is 2. The lowest BCUT2D eigenvalue weighted by molar-refractivity contribution is 0.134. The standard InChI is InChI=1S/C23H30BFN4O/c1-2-12-29(22(27)30)21-14-17-5-13-28(20(17)15-19(21)25)18-3-6-23(7-4-18)8-10-24(16-26)11-9-23/h5,13-15,18H,2-4,6-12H2,1H3,(H2,27,30). The molecule has 1 aromatic carbocycles. The number of halogens is 1. The summed E-state index contributed by atoms with van der Waals surface area (Å²) in [7, 11) is 0. The van der Waals surface area contributed by atoms with Crippen LogP contribution in [0.3, 0.4) is 0 Å². The van der Waals surface area contributed by atoms with Crippen LogP contribution in [0.15, 0.2) is 24.4 Å². The lowest BCUT2D eigenvalue weighted by atomic mass is 9.38. The van der Waals surface area contributed by atoms with E-state index in [1.54, 1.807) is 12.1 Å². The Morgan fingerprint density at radius 2 is 2.03 bits per heavy atom. The third kappa shape index (κ3) is 3.80. The monoisotopic (exact) mass is 408 g/mol. The Kier molecular flexibility index (Phi) is 5.77. The summed E-state index contributed by atoms with van der Waals surface area (Å²) in [6.45, 7) is 2.58. The maximum absolute atomic E-state index is 14.9. The summed E-state index contributed by atoms with van der Waals surface area (Å²) in [6.07, 6.45) is 11.7. The number of hydrogen-bond donors (Lipinski definition) is 1. The number of primary amides is 1. The van der Waals surface area contributed by atoms with Crippen LogP contribution in [0.1, 0.15) is 57.9 Å². The van der Waals surface area contributed by atoms with Crippen molar-refractivity contribution in [3.63, 3.8) is 0 Å². The molecule has 4 rings (SSSR count). The number of fused-ring (bicyclic) bond motifs is 1. The van der Waals surface area contributed by atoms with Gasteiger partial charge in [0.25, 0.3) is 6.71 Å². The summed E-state index contributed by atoms with van der Waals surface area (Å²) in [5, 5.41) is 10.1. The number of nitrogens with zero attached hydrogens (tertiary/aromatic N) is 3. The summed E-state index contributed by atoms with van der Waals surface area (Å²) in [5.41, 5.74) is 7.02. The Balaban J connectivity index is 1.53. The van der Waals surface area contributed by atoms with Gasteiger partial charge in [-0.15, -0.1) is 0 Å². The average molecular weight is 408 g/mol. The van der Waals surface area contributed by atoms with E-state index in [1.165, 1.54) is 30.6 Å². The number of nitriles is 1. The molecule has 2 heterocycles. The second-order valence-electron chi connectivity index (χ2n) is 9.21. The molecule has 5 nitrogen and oxygen atoms in total. The number of rotatable bonds is 4. The van der Waals surface area contributed by atoms with Crippen LogP contribution in [-0.4, -0.2) is 23.9 Å². The summed E-state index contributed by atoms with van der Waals surface area (Å²) < 4.78 is 17.2. The minimum absolute atomic E-state index is 0.242. The normalized spacial score (nSPS) is 19.2. The molecule has 0 atom stereocenters. The molecule has 1 aliphatic carbocycles. The van der Waals surface area contributed by atoms with Crippen LogP contribution in [0.2, 0.25) is 12.6 Å². The third-order valence-electron chi connectivity index (χ3n) is 7.43. The van der Waals surface area contributed by atoms with Crippen LogP contribution in [0.5, 0.6) is 0 Å². The number of anilines is 1. The number of carbonyl (C=O) groups excluding carboxylic acids is 1. The number of benzene rings is 1. The van der Waals surface area contributed by atoms with Gasteiger partial charge in [-0.25, -0.2) is 14.4 Å². The largest absolute Gasteiger partial charge is 0.351 e. The molecule has 1 saturated carbocycles. The predicted molar refractivity (Wildman–Crippen MR) is 119 cm³/mol. The van der Waals surface area contributed by atoms with Gasteiger partial charge in [0, 0.05) is 36.2 Å². The lowest BCUT2D eigenvalue weighted by Crippen LogP contribution is -2.37. The van der Waals surface area contributed by atoms with Gasteiger partial charge in [0.2, 0.25) is 0 Å². The molecule has 2 fully saturated rings. The first kappa shape index (κ1) is 20.8. The minimum Gasteiger partial charge on any atom is -0.351 e. The molecule has 1 aliphatic heterocycles. The zero-order chi connectivity index (χ0) is 21.3. The summed E-state index contributed by atoms with van der Waals surface area (Å²) in [4.78, 5) is 13.1. The van der Waals surface area contributed by atoms with Crippen molar-refractivity contribution < 1.29 is 9.18 Å². The van der Waals surface area contributed by atoms with Gasteiger partial charge in [-0.05, 0) is 49.7 Å². The summed E-state index contributed by atoms with van der Waals surface area (Å²) in [5.74, 6) is 2.03. The quantitative estimate of drug-likeness (QED) is 0.676. The zero-order valence-electron chi connectivity index (χ0n) is 17.7. The Morgan fingerprint density at radius 1 is 1.33 bits per heavy atom. The van der Waals surface area contributed by atoms with Gasteiger partial charge in [0.15, 0.2) is 0 Å². The number of nitrogens with two attached hydrogens (primary N) is 1. The van der Waals surface area contributed by atoms with Crippen molar-refractivity contribution in [1.29, 1.82) is 5.26 Å². The molecule has 0 unspecified atom stereocenters. The van der Waals surface area contributed by atoms with E-state index in [9.17, 15) is 9.18 Å². The Hall–Kier alpha value is -2.49. The zero-order valence-corrected chi connectivity index (χ0v) is 17.7. The topological polar surface area (TPSA) is 75.0 Å². The van der Waals surface area contributed by atoms with Crippen molar-refractivity contribution in [1.82, 2.24) is 4.57 Å². The molecular weight excluding hydrogens is 378 g/mol. The van der Waals surface area contributed by atoms with E-state index in [2.05, 4.69) is 16.7 Å². The highest BCUT2D eigenvalue weighted by Crippen LogP contribution is 2.50. The Labute approximate surface area is 178 Å². The van der Waals surface area contributed by atoms with Crippen molar-refractivity contribution in [3.8, 4) is 5.97 Å². The Morgan fingerprint density at radius 3 is 2.63 bits per heavy atom. The molecule has 2 aromatic rings. The van der Waals surface area contributed by atoms with Crippen LogP contribution in [-0.2, 0) is 0 Å². The van der Waals surface area contributed by atoms with E-state index in [0.717, 1.165) is 36.4 Å². The summed E-state index contributed by atoms with van der Waals surface area (Å²) >= 11 is 0. The van der Waals surface area contributed by atoms with Gasteiger partial charge in [-0.2, -0.15) is 0 Å². The molecule has 158 valence electrons. The van der Waals surface area contributed by atoms with Gasteiger partial charge < -0.3 is 10.3 Å². The molecule has 2 aliphatic rings. The molecule has 1 aromatic heterocycles. The molecule has 0 radical (unpaired) electrons. The first-order chi connectivity index (χ1) is 14.5. The highest BCUT2D eigenvalue weighted by atomic mass is 19.1. The molecule has 1 saturated heterocycles. The van der Waals surface area contributed by atoms with Crippen molar-refractivity contribution >= 4 is 29.3 Å². The van der Waals surface area contributed by atoms with Gasteiger partial charge in [-0.1, -0.05) is 32.4 Å². The van der Waals surface area contributed by atoms with Gasteiger partial charge in [0.05, 0.1) is 11.2 Å². The predicted octanol–water partition coefficient (Wildman–Crippen LogP) is 5.53. The van der Waals surface area contributed by atoms with Gasteiger partial charge in [-0.3, -0.25) is 4.90 Å². The van der Waals surface area contributed by atoms with Crippen molar-refractivity contribution in [2.24, 2.45) is 11.1 Å². The third-order valence-corrected chi connectivity index (χ3v) is 7.43. The van der Waals surface area contributed by atoms with E-state index in [0.29, 0.717) is 24.4 Å². The number of carbonyl (C=O) groups is 1. The fraction of sp³-hybridized carbons (Fsp3) is 0.565. The molecule has 1 spiro atoms. The fourth-order valence-corrected chi connectivity index (χ4v) is 5.62. The van der Waals surface area contributed by atoms with E-state index in [4.69, 9.17) is 11.0 Å². The van der Waals surface area contributed by atoms with E-state index in [-0.39, 0.29) is 12.4 Å². The molecular formula is C23H30BFN4O. The highest BCUT2D eigenvalue weighted by molar-refractivity contribution is 6.67. The average Bonchev–Trinajstić information content (AvgIpc) is 3.15. The number of aromatic nitrogens is 1. The van der Waals surface area contributed by atoms with Crippen molar-refractivity contribution in [2.75, 3.05) is 11.4 Å². The maximum atomic E-state index is 14.9. The van der Waals surface area contributed by atoms with Crippen molar-refractivity contribution in [3.05, 3.63) is 30.2 Å². The molecule has 30 heavy (non-hydrogen) atoms. The van der Waals surface area contributed by atoms with Crippen LogP contribution < -0.4 is 10.6 Å². The SMILES string of the molecule is CCCN(C(N)=O)c1cc2ccn(C3CCC4(CCB(C#N)CC4)CC3)c2cc1F. The van der Waals surface area contributed by atoms with E-state index < -0.39 is 11.8 Å². The minimum atomic E-state index is -0.627. The first-order valence-electron chi connectivity index (χ1n) is 11.2. The number of urea groups is 1. The molecule has 2 N–H and O–H groups in total. The van der Waals surface area contributed by atoms with Crippen molar-refractivity contribution in [2.45, 2.75) is 70.6 Å². The summed E-state index contributed by atoms with van der Waals surface area (Å²) in [6, 6.07) is 5.05. The maximum Gasteiger partial charge on any atom is 0.319 e. The second-order valence-corrected chi connectivity index (χ2v) is 9.21. The first-order valence-corrected chi connectivity index (χ1v) is 11.2. The van der Waals surface area contributed by atoms with Gasteiger partial charge in [0.1, 0.15) is 5.82 Å². The lowest BCUT2D eigenvalue weighted by Gasteiger charge is -2.44. The van der Waals surface area contributed by atoms with Crippen LogP contribution >= 0.6 is 0 Å². The molecule has 2 amide bonds. The van der Waals surface area contributed by atoms with Crippen LogP contribution in [0.25, 0.3) is 10.9 Å². The number of hydrogen-bond acceptors (Lipinski definition) is 2.